The molecular weight excluding hydrogens is 170 g/mol. The highest BCUT2D eigenvalue weighted by Crippen LogP contribution is 2.20. The summed E-state index contributed by atoms with van der Waals surface area (Å²) in [6, 6.07) is 10.0. The SMILES string of the molecule is NC(C1=CC=C[C+]=C1)c1ccccc1. The highest BCUT2D eigenvalue weighted by atomic mass is 14.6. The second kappa shape index (κ2) is 4.01. The third kappa shape index (κ3) is 1.80. The second-order valence-electron chi connectivity index (χ2n) is 3.23. The van der Waals surface area contributed by atoms with Crippen LogP contribution in [0.1, 0.15) is 11.6 Å². The normalized spacial score (nSPS) is 15.9. The summed E-state index contributed by atoms with van der Waals surface area (Å²) in [5, 5.41) is 0. The van der Waals surface area contributed by atoms with E-state index in [9.17, 15) is 0 Å². The first-order valence-electron chi connectivity index (χ1n) is 4.64. The lowest BCUT2D eigenvalue weighted by Crippen LogP contribution is -2.12. The minimum Gasteiger partial charge on any atom is -0.310 e. The zero-order valence-corrected chi connectivity index (χ0v) is 7.85. The molecule has 1 unspecified atom stereocenters. The van der Waals surface area contributed by atoms with E-state index in [0.717, 1.165) is 11.1 Å². The Labute approximate surface area is 84.3 Å². The molecule has 1 atom stereocenters. The van der Waals surface area contributed by atoms with Gasteiger partial charge in [-0.25, -0.2) is 0 Å². The predicted molar refractivity (Wildman–Crippen MR) is 58.4 cm³/mol. The van der Waals surface area contributed by atoms with E-state index >= 15 is 0 Å². The maximum atomic E-state index is 6.10. The van der Waals surface area contributed by atoms with E-state index in [4.69, 9.17) is 5.73 Å². The Hall–Kier alpha value is -1.69. The van der Waals surface area contributed by atoms with Gasteiger partial charge in [0.1, 0.15) is 18.2 Å². The van der Waals surface area contributed by atoms with Gasteiger partial charge in [0.25, 0.3) is 0 Å². The van der Waals surface area contributed by atoms with Crippen LogP contribution in [0, 0.1) is 6.08 Å². The third-order valence-electron chi connectivity index (χ3n) is 2.25. The van der Waals surface area contributed by atoms with Crippen LogP contribution in [0.15, 0.2) is 60.2 Å². The van der Waals surface area contributed by atoms with E-state index in [2.05, 4.69) is 6.08 Å². The van der Waals surface area contributed by atoms with Gasteiger partial charge < -0.3 is 5.73 Å². The predicted octanol–water partition coefficient (Wildman–Crippen LogP) is 2.54. The quantitative estimate of drug-likeness (QED) is 0.699. The van der Waals surface area contributed by atoms with Crippen molar-refractivity contribution in [1.29, 1.82) is 0 Å². The lowest BCUT2D eigenvalue weighted by molar-refractivity contribution is 0.869. The third-order valence-corrected chi connectivity index (χ3v) is 2.25. The van der Waals surface area contributed by atoms with Crippen molar-refractivity contribution in [1.82, 2.24) is 0 Å². The molecule has 0 fully saturated rings. The van der Waals surface area contributed by atoms with Crippen LogP contribution in [0.4, 0.5) is 0 Å². The number of allylic oxidation sites excluding steroid dienone is 4. The molecule has 68 valence electrons. The first kappa shape index (κ1) is 8.89. The first-order valence-corrected chi connectivity index (χ1v) is 4.64. The number of benzene rings is 1. The van der Waals surface area contributed by atoms with Crippen molar-refractivity contribution < 1.29 is 0 Å². The zero-order chi connectivity index (χ0) is 9.80. The summed E-state index contributed by atoms with van der Waals surface area (Å²) in [5.74, 6) is 0. The first-order chi connectivity index (χ1) is 6.88. The van der Waals surface area contributed by atoms with Crippen LogP contribution in [0.25, 0.3) is 0 Å². The molecule has 2 N–H and O–H groups in total. The molecule has 0 saturated heterocycles. The van der Waals surface area contributed by atoms with Crippen LogP contribution < -0.4 is 5.73 Å². The molecule has 0 bridgehead atoms. The average molecular weight is 182 g/mol. The van der Waals surface area contributed by atoms with Crippen molar-refractivity contribution in [2.45, 2.75) is 6.04 Å². The fourth-order valence-electron chi connectivity index (χ4n) is 1.45. The molecule has 1 heteroatoms. The maximum absolute atomic E-state index is 6.10. The van der Waals surface area contributed by atoms with Crippen molar-refractivity contribution in [3.63, 3.8) is 0 Å². The summed E-state index contributed by atoms with van der Waals surface area (Å²) in [4.78, 5) is 0. The fraction of sp³-hybridized carbons (Fsp3) is 0.0769. The van der Waals surface area contributed by atoms with E-state index in [0.29, 0.717) is 0 Å². The molecular formula is C13H12N+. The number of hydrogen-bond donors (Lipinski definition) is 1. The Morgan fingerprint density at radius 3 is 2.57 bits per heavy atom. The van der Waals surface area contributed by atoms with Crippen molar-refractivity contribution in [3.05, 3.63) is 71.8 Å². The highest BCUT2D eigenvalue weighted by molar-refractivity contribution is 5.38. The molecule has 1 aliphatic carbocycles. The molecule has 2 rings (SSSR count). The lowest BCUT2D eigenvalue weighted by Gasteiger charge is -2.08. The van der Waals surface area contributed by atoms with Crippen LogP contribution in [-0.4, -0.2) is 0 Å². The second-order valence-corrected chi connectivity index (χ2v) is 3.23. The summed E-state index contributed by atoms with van der Waals surface area (Å²) in [6.07, 6.45) is 10.8. The monoisotopic (exact) mass is 182 g/mol. The Morgan fingerprint density at radius 1 is 1.14 bits per heavy atom. The van der Waals surface area contributed by atoms with E-state index in [-0.39, 0.29) is 6.04 Å². The summed E-state index contributed by atoms with van der Waals surface area (Å²) in [6.45, 7) is 0. The van der Waals surface area contributed by atoms with Gasteiger partial charge in [0, 0.05) is 12.2 Å². The molecule has 14 heavy (non-hydrogen) atoms. The molecule has 1 nitrogen and oxygen atoms in total. The van der Waals surface area contributed by atoms with Crippen LogP contribution in [0.2, 0.25) is 0 Å². The van der Waals surface area contributed by atoms with E-state index < -0.39 is 0 Å². The molecule has 1 aromatic carbocycles. The smallest absolute Gasteiger partial charge is 0.108 e. The summed E-state index contributed by atoms with van der Waals surface area (Å²) in [5.41, 5.74) is 8.32. The average Bonchev–Trinajstić information content (AvgIpc) is 2.30. The van der Waals surface area contributed by atoms with Crippen molar-refractivity contribution in [2.75, 3.05) is 0 Å². The number of rotatable bonds is 2. The maximum Gasteiger partial charge on any atom is 0.108 e. The van der Waals surface area contributed by atoms with Crippen LogP contribution in [0.3, 0.4) is 0 Å². The Balaban J connectivity index is 2.25. The molecule has 0 saturated carbocycles. The van der Waals surface area contributed by atoms with Gasteiger partial charge in [0.05, 0.1) is 11.6 Å². The van der Waals surface area contributed by atoms with Gasteiger partial charge >= 0.3 is 0 Å². The van der Waals surface area contributed by atoms with Gasteiger partial charge in [-0.3, -0.25) is 0 Å². The summed E-state index contributed by atoms with van der Waals surface area (Å²) < 4.78 is 0. The molecule has 1 aromatic rings. The number of nitrogens with two attached hydrogens (primary N) is 1. The molecule has 0 radical (unpaired) electrons. The van der Waals surface area contributed by atoms with Gasteiger partial charge in [-0.1, -0.05) is 30.3 Å². The van der Waals surface area contributed by atoms with Crippen LogP contribution in [-0.2, 0) is 0 Å². The van der Waals surface area contributed by atoms with Crippen molar-refractivity contribution >= 4 is 0 Å². The molecule has 0 spiro atoms. The molecule has 0 amide bonds. The number of hydrogen-bond acceptors (Lipinski definition) is 1. The Bertz CT molecular complexity index is 385. The Kier molecular flexibility index (Phi) is 2.55. The van der Waals surface area contributed by atoms with Gasteiger partial charge in [-0.2, -0.15) is 0 Å². The zero-order valence-electron chi connectivity index (χ0n) is 7.85. The lowest BCUT2D eigenvalue weighted by atomic mass is 9.97. The molecule has 1 aliphatic rings. The summed E-state index contributed by atoms with van der Waals surface area (Å²) in [7, 11) is 0. The summed E-state index contributed by atoms with van der Waals surface area (Å²) >= 11 is 0. The van der Waals surface area contributed by atoms with E-state index in [1.165, 1.54) is 0 Å². The van der Waals surface area contributed by atoms with Gasteiger partial charge in [0.15, 0.2) is 0 Å². The Morgan fingerprint density at radius 2 is 1.93 bits per heavy atom. The van der Waals surface area contributed by atoms with Gasteiger partial charge in [-0.15, -0.1) is 0 Å². The van der Waals surface area contributed by atoms with Crippen LogP contribution >= 0.6 is 0 Å². The van der Waals surface area contributed by atoms with Crippen LogP contribution in [0.5, 0.6) is 0 Å². The molecule has 0 aliphatic heterocycles. The van der Waals surface area contributed by atoms with Crippen molar-refractivity contribution in [3.8, 4) is 0 Å². The minimum absolute atomic E-state index is 0.0475. The van der Waals surface area contributed by atoms with E-state index in [1.54, 1.807) is 0 Å². The van der Waals surface area contributed by atoms with E-state index in [1.807, 2.05) is 54.6 Å². The molecule has 0 heterocycles. The molecule has 0 aromatic heterocycles. The van der Waals surface area contributed by atoms with Crippen molar-refractivity contribution in [2.24, 2.45) is 5.73 Å². The fourth-order valence-corrected chi connectivity index (χ4v) is 1.45. The topological polar surface area (TPSA) is 26.0 Å². The minimum atomic E-state index is -0.0475. The van der Waals surface area contributed by atoms with Gasteiger partial charge in [0.2, 0.25) is 0 Å². The largest absolute Gasteiger partial charge is 0.310 e. The van der Waals surface area contributed by atoms with Gasteiger partial charge in [-0.05, 0) is 5.56 Å². The highest BCUT2D eigenvalue weighted by Gasteiger charge is 2.15. The standard InChI is InChI=1S/C13H12N/c14-13(11-7-3-1-4-8-11)12-9-5-2-6-10-12/h1-5,7-10,13H,14H2/q+1.